The van der Waals surface area contributed by atoms with Crippen molar-refractivity contribution >= 4 is 27.3 Å². The molecule has 1 unspecified atom stereocenters. The lowest BCUT2D eigenvalue weighted by molar-refractivity contribution is 0.145. The molecule has 0 spiro atoms. The number of nitrogens with one attached hydrogen (secondary N) is 1. The van der Waals surface area contributed by atoms with Gasteiger partial charge in [-0.2, -0.15) is 0 Å². The Morgan fingerprint density at radius 1 is 1.56 bits per heavy atom. The van der Waals surface area contributed by atoms with Crippen molar-refractivity contribution in [3.63, 3.8) is 0 Å². The molecule has 0 saturated carbocycles. The molecule has 2 heterocycles. The van der Waals surface area contributed by atoms with Gasteiger partial charge in [-0.1, -0.05) is 13.3 Å². The van der Waals surface area contributed by atoms with E-state index in [4.69, 9.17) is 0 Å². The third-order valence-electron chi connectivity index (χ3n) is 3.08. The minimum atomic E-state index is 0.722. The molecular formula is C12H19BrN2S. The summed E-state index contributed by atoms with van der Waals surface area (Å²) in [5, 5.41) is 3.49. The molecule has 2 nitrogen and oxygen atoms in total. The van der Waals surface area contributed by atoms with Crippen LogP contribution in [0.1, 0.15) is 24.6 Å². The molecule has 1 atom stereocenters. The van der Waals surface area contributed by atoms with Gasteiger partial charge in [-0.15, -0.1) is 11.3 Å². The molecular weight excluding hydrogens is 284 g/mol. The first-order chi connectivity index (χ1) is 7.79. The van der Waals surface area contributed by atoms with E-state index >= 15 is 0 Å². The van der Waals surface area contributed by atoms with E-state index in [1.807, 2.05) is 11.3 Å². The number of rotatable bonds is 4. The Kier molecular flexibility index (Phi) is 4.82. The molecule has 4 heteroatoms. The number of thiophene rings is 1. The summed E-state index contributed by atoms with van der Waals surface area (Å²) in [6, 6.07) is 5.11. The summed E-state index contributed by atoms with van der Waals surface area (Å²) < 4.78 is 1.24. The fraction of sp³-hybridized carbons (Fsp3) is 0.667. The van der Waals surface area contributed by atoms with Gasteiger partial charge in [0.15, 0.2) is 0 Å². The molecule has 1 fully saturated rings. The summed E-state index contributed by atoms with van der Waals surface area (Å²) >= 11 is 5.39. The molecule has 0 amide bonds. The van der Waals surface area contributed by atoms with Crippen molar-refractivity contribution < 1.29 is 0 Å². The van der Waals surface area contributed by atoms with Crippen LogP contribution < -0.4 is 5.32 Å². The van der Waals surface area contributed by atoms with Crippen molar-refractivity contribution in [2.24, 2.45) is 0 Å². The zero-order valence-electron chi connectivity index (χ0n) is 9.71. The van der Waals surface area contributed by atoms with Crippen LogP contribution in [0.5, 0.6) is 0 Å². The van der Waals surface area contributed by atoms with Gasteiger partial charge in [0, 0.05) is 37.1 Å². The van der Waals surface area contributed by atoms with Crippen molar-refractivity contribution in [3.05, 3.63) is 20.8 Å². The molecule has 0 aliphatic carbocycles. The number of hydrogen-bond acceptors (Lipinski definition) is 3. The highest BCUT2D eigenvalue weighted by molar-refractivity contribution is 9.11. The summed E-state index contributed by atoms with van der Waals surface area (Å²) in [6.07, 6.45) is 2.58. The standard InChI is InChI=1S/C12H19BrN2S/c1-2-3-10-8-14-6-7-15(10)9-11-4-5-12(13)16-11/h4-5,10,14H,2-3,6-9H2,1H3. The minimum Gasteiger partial charge on any atom is -0.314 e. The Morgan fingerprint density at radius 3 is 3.12 bits per heavy atom. The molecule has 16 heavy (non-hydrogen) atoms. The van der Waals surface area contributed by atoms with Gasteiger partial charge < -0.3 is 5.32 Å². The number of nitrogens with zero attached hydrogens (tertiary/aromatic N) is 1. The number of halogens is 1. The maximum absolute atomic E-state index is 3.53. The maximum atomic E-state index is 3.53. The van der Waals surface area contributed by atoms with Crippen molar-refractivity contribution in [2.75, 3.05) is 19.6 Å². The SMILES string of the molecule is CCCC1CNCCN1Cc1ccc(Br)s1. The van der Waals surface area contributed by atoms with Crippen LogP contribution in [0.25, 0.3) is 0 Å². The van der Waals surface area contributed by atoms with Gasteiger partial charge in [-0.05, 0) is 34.5 Å². The molecule has 1 N–H and O–H groups in total. The van der Waals surface area contributed by atoms with Gasteiger partial charge in [-0.25, -0.2) is 0 Å². The van der Waals surface area contributed by atoms with Gasteiger partial charge in [0.25, 0.3) is 0 Å². The zero-order chi connectivity index (χ0) is 11.4. The highest BCUT2D eigenvalue weighted by Crippen LogP contribution is 2.24. The summed E-state index contributed by atoms with van der Waals surface area (Å²) in [5.74, 6) is 0. The highest BCUT2D eigenvalue weighted by Gasteiger charge is 2.21. The number of hydrogen-bond donors (Lipinski definition) is 1. The van der Waals surface area contributed by atoms with E-state index in [-0.39, 0.29) is 0 Å². The zero-order valence-corrected chi connectivity index (χ0v) is 12.1. The summed E-state index contributed by atoms with van der Waals surface area (Å²) in [6.45, 7) is 6.85. The summed E-state index contributed by atoms with van der Waals surface area (Å²) in [5.41, 5.74) is 0. The largest absolute Gasteiger partial charge is 0.314 e. The lowest BCUT2D eigenvalue weighted by Gasteiger charge is -2.35. The molecule has 1 aromatic rings. The van der Waals surface area contributed by atoms with Crippen LogP contribution in [-0.2, 0) is 6.54 Å². The van der Waals surface area contributed by atoms with Gasteiger partial charge >= 0.3 is 0 Å². The van der Waals surface area contributed by atoms with E-state index in [0.29, 0.717) is 0 Å². The molecule has 1 aliphatic heterocycles. The van der Waals surface area contributed by atoms with Crippen LogP contribution in [-0.4, -0.2) is 30.6 Å². The van der Waals surface area contributed by atoms with Crippen LogP contribution in [0.2, 0.25) is 0 Å². The third kappa shape index (κ3) is 3.29. The van der Waals surface area contributed by atoms with E-state index in [1.165, 1.54) is 28.0 Å². The molecule has 1 saturated heterocycles. The van der Waals surface area contributed by atoms with Crippen LogP contribution in [0.3, 0.4) is 0 Å². The highest BCUT2D eigenvalue weighted by atomic mass is 79.9. The van der Waals surface area contributed by atoms with Crippen molar-refractivity contribution in [3.8, 4) is 0 Å². The fourth-order valence-electron chi connectivity index (χ4n) is 2.27. The van der Waals surface area contributed by atoms with Gasteiger partial charge in [0.05, 0.1) is 3.79 Å². The second-order valence-electron chi connectivity index (χ2n) is 4.32. The van der Waals surface area contributed by atoms with Crippen LogP contribution in [0, 0.1) is 0 Å². The monoisotopic (exact) mass is 302 g/mol. The molecule has 0 aromatic carbocycles. The summed E-state index contributed by atoms with van der Waals surface area (Å²) in [4.78, 5) is 4.09. The molecule has 0 bridgehead atoms. The van der Waals surface area contributed by atoms with Gasteiger partial charge in [0.2, 0.25) is 0 Å². The Bertz CT molecular complexity index is 325. The topological polar surface area (TPSA) is 15.3 Å². The molecule has 90 valence electrons. The van der Waals surface area contributed by atoms with Crippen molar-refractivity contribution in [2.45, 2.75) is 32.4 Å². The lowest BCUT2D eigenvalue weighted by atomic mass is 10.1. The van der Waals surface area contributed by atoms with Crippen molar-refractivity contribution in [1.29, 1.82) is 0 Å². The predicted octanol–water partition coefficient (Wildman–Crippen LogP) is 3.08. The van der Waals surface area contributed by atoms with Crippen LogP contribution in [0.15, 0.2) is 15.9 Å². The normalized spacial score (nSPS) is 22.5. The second-order valence-corrected chi connectivity index (χ2v) is 6.87. The molecule has 2 rings (SSSR count). The van der Waals surface area contributed by atoms with E-state index in [0.717, 1.165) is 25.7 Å². The second kappa shape index (κ2) is 6.15. The van der Waals surface area contributed by atoms with Crippen LogP contribution in [0.4, 0.5) is 0 Å². The Labute approximate surface area is 110 Å². The quantitative estimate of drug-likeness (QED) is 0.919. The minimum absolute atomic E-state index is 0.722. The molecule has 0 radical (unpaired) electrons. The fourth-order valence-corrected chi connectivity index (χ4v) is 3.77. The Balaban J connectivity index is 1.95. The molecule has 1 aromatic heterocycles. The number of piperazine rings is 1. The van der Waals surface area contributed by atoms with Crippen molar-refractivity contribution in [1.82, 2.24) is 10.2 Å². The van der Waals surface area contributed by atoms with E-state index < -0.39 is 0 Å². The Morgan fingerprint density at radius 2 is 2.44 bits per heavy atom. The van der Waals surface area contributed by atoms with E-state index in [2.05, 4.69) is 45.2 Å². The van der Waals surface area contributed by atoms with Crippen LogP contribution >= 0.6 is 27.3 Å². The first-order valence-electron chi connectivity index (χ1n) is 5.98. The predicted molar refractivity (Wildman–Crippen MR) is 74.0 cm³/mol. The first-order valence-corrected chi connectivity index (χ1v) is 7.59. The smallest absolute Gasteiger partial charge is 0.0701 e. The van der Waals surface area contributed by atoms with E-state index in [1.54, 1.807) is 0 Å². The third-order valence-corrected chi connectivity index (χ3v) is 4.69. The van der Waals surface area contributed by atoms with Gasteiger partial charge in [-0.3, -0.25) is 4.90 Å². The maximum Gasteiger partial charge on any atom is 0.0701 e. The van der Waals surface area contributed by atoms with E-state index in [9.17, 15) is 0 Å². The van der Waals surface area contributed by atoms with Gasteiger partial charge in [0.1, 0.15) is 0 Å². The lowest BCUT2D eigenvalue weighted by Crippen LogP contribution is -2.50. The first kappa shape index (κ1) is 12.6. The molecule has 1 aliphatic rings. The average molecular weight is 303 g/mol. The Hall–Kier alpha value is 0.1000. The average Bonchev–Trinajstić information content (AvgIpc) is 2.67. The summed E-state index contributed by atoms with van der Waals surface area (Å²) in [7, 11) is 0.